The molecule has 5 aromatic carbocycles. The maximum atomic E-state index is 15.5. The zero-order valence-electron chi connectivity index (χ0n) is 35.4. The Kier molecular flexibility index (Phi) is 11.2. The zero-order valence-corrected chi connectivity index (χ0v) is 37.9. The third kappa shape index (κ3) is 7.36. The third-order valence-electron chi connectivity index (χ3n) is 13.6. The number of anilines is 2. The predicted molar refractivity (Wildman–Crippen MR) is 248 cm³/mol. The first-order valence-corrected chi connectivity index (χ1v) is 25.1. The van der Waals surface area contributed by atoms with Gasteiger partial charge in [-0.25, -0.2) is 0 Å². The molecule has 1 fully saturated rings. The number of benzene rings is 5. The molecule has 9 rings (SSSR count). The number of aliphatic hydroxyl groups excluding tert-OH is 1. The van der Waals surface area contributed by atoms with Crippen molar-refractivity contribution in [3.63, 3.8) is 0 Å². The molecule has 3 aliphatic heterocycles. The van der Waals surface area contributed by atoms with Crippen LogP contribution in [-0.4, -0.2) is 66.6 Å². The molecule has 1 saturated heterocycles. The molecule has 6 aromatic rings. The van der Waals surface area contributed by atoms with Crippen molar-refractivity contribution in [2.24, 2.45) is 5.92 Å². The van der Waals surface area contributed by atoms with Gasteiger partial charge in [0.15, 0.2) is 5.60 Å². The highest BCUT2D eigenvalue weighted by Crippen LogP contribution is 2.60. The average Bonchev–Trinajstić information content (AvgIpc) is 3.89. The molecule has 0 radical (unpaired) electrons. The van der Waals surface area contributed by atoms with Gasteiger partial charge < -0.3 is 34.7 Å². The van der Waals surface area contributed by atoms with Crippen molar-refractivity contribution in [2.45, 2.75) is 75.7 Å². The minimum Gasteiger partial charge on any atom is -0.497 e. The Morgan fingerprint density at radius 2 is 1.73 bits per heavy atom. The van der Waals surface area contributed by atoms with Gasteiger partial charge in [0.05, 0.1) is 59.0 Å². The van der Waals surface area contributed by atoms with E-state index in [1.165, 1.54) is 5.19 Å². The van der Waals surface area contributed by atoms with Crippen LogP contribution in [0, 0.1) is 5.92 Å². The lowest BCUT2D eigenvalue weighted by molar-refractivity contribution is -0.151. The van der Waals surface area contributed by atoms with Crippen molar-refractivity contribution < 1.29 is 29.0 Å². The van der Waals surface area contributed by atoms with Gasteiger partial charge >= 0.3 is 0 Å². The summed E-state index contributed by atoms with van der Waals surface area (Å²) in [5, 5.41) is 15.8. The molecule has 1 aromatic heterocycles. The molecule has 0 bridgehead atoms. The summed E-state index contributed by atoms with van der Waals surface area (Å²) < 4.78 is 13.7. The standard InChI is InChI=1S/C50H51BrN4O6Si/c1-31-48(62(3,4)40-19-17-39(60-2)18-20-40)45(26-47(58)54-29-34-12-6-5-11-33(34)23-38(54)30-56)61-50(31)42-25-36(51)16-21-44(42)55(49(50)59)28-32-10-9-13-37(22-32)53-46(57)24-35-27-52-43-15-8-7-14-41(35)43/h5-22,25,27,31,38,45,48,52,56H,23-24,26,28-30H2,1-4H3,(H,53,57)/t31-,38+,45+,48-,50+/m1/s1. The van der Waals surface area contributed by atoms with Gasteiger partial charge in [0, 0.05) is 45.3 Å². The lowest BCUT2D eigenvalue weighted by Gasteiger charge is -2.39. The molecule has 0 aliphatic carbocycles. The van der Waals surface area contributed by atoms with E-state index < -0.39 is 19.8 Å². The van der Waals surface area contributed by atoms with Crippen LogP contribution < -0.4 is 20.1 Å². The van der Waals surface area contributed by atoms with Crippen molar-refractivity contribution in [1.82, 2.24) is 9.88 Å². The van der Waals surface area contributed by atoms with Gasteiger partial charge in [0.2, 0.25) is 11.8 Å². The Hall–Kier alpha value is -5.53. The molecule has 0 unspecified atom stereocenters. The number of aliphatic hydroxyl groups is 1. The zero-order chi connectivity index (χ0) is 43.3. The summed E-state index contributed by atoms with van der Waals surface area (Å²) in [4.78, 5) is 50.4. The van der Waals surface area contributed by atoms with E-state index in [9.17, 15) is 14.7 Å². The molecule has 62 heavy (non-hydrogen) atoms. The Balaban J connectivity index is 1.04. The smallest absolute Gasteiger partial charge is 0.264 e. The fraction of sp³-hybridized carbons (Fsp3) is 0.300. The number of fused-ring (bicyclic) bond motifs is 4. The molecule has 12 heteroatoms. The van der Waals surface area contributed by atoms with Crippen molar-refractivity contribution >= 4 is 69.2 Å². The Morgan fingerprint density at radius 3 is 2.50 bits per heavy atom. The SMILES string of the molecule is COc1ccc([Si](C)(C)[C@H]2[C@H](CC(=O)N3Cc4ccccc4C[C@H]3CO)O[C@@]3(C(=O)N(Cc4cccc(NC(=O)Cc5c[nH]c6ccccc56)c4)c4ccc(Br)cc43)[C@@H]2C)cc1. The first-order chi connectivity index (χ1) is 29.9. The summed E-state index contributed by atoms with van der Waals surface area (Å²) in [6.07, 6.45) is 2.14. The second-order valence-corrected chi connectivity index (χ2v) is 23.1. The number of aromatic amines is 1. The quantitative estimate of drug-likeness (QED) is 0.113. The minimum atomic E-state index is -2.55. The number of amides is 3. The van der Waals surface area contributed by atoms with Crippen LogP contribution in [0.2, 0.25) is 18.6 Å². The second kappa shape index (κ2) is 16.6. The summed E-state index contributed by atoms with van der Waals surface area (Å²) in [5.74, 6) is 0.0293. The lowest BCUT2D eigenvalue weighted by Crippen LogP contribution is -2.52. The van der Waals surface area contributed by atoms with Gasteiger partial charge in [-0.15, -0.1) is 0 Å². The van der Waals surface area contributed by atoms with Gasteiger partial charge in [-0.05, 0) is 82.7 Å². The Morgan fingerprint density at radius 1 is 0.968 bits per heavy atom. The normalized spacial score (nSPS) is 21.9. The molecule has 5 atom stereocenters. The van der Waals surface area contributed by atoms with Gasteiger partial charge in [-0.2, -0.15) is 0 Å². The van der Waals surface area contributed by atoms with E-state index in [0.717, 1.165) is 54.6 Å². The molecular weight excluding hydrogens is 861 g/mol. The van der Waals surface area contributed by atoms with Gasteiger partial charge in [-0.3, -0.25) is 14.4 Å². The molecular formula is C50H51BrN4O6Si. The second-order valence-electron chi connectivity index (χ2n) is 17.5. The summed E-state index contributed by atoms with van der Waals surface area (Å²) >= 11 is 3.71. The Labute approximate surface area is 371 Å². The molecule has 318 valence electrons. The van der Waals surface area contributed by atoms with Crippen LogP contribution in [-0.2, 0) is 50.7 Å². The number of hydrogen-bond donors (Lipinski definition) is 3. The van der Waals surface area contributed by atoms with Crippen LogP contribution in [0.25, 0.3) is 10.9 Å². The van der Waals surface area contributed by atoms with Crippen molar-refractivity contribution in [1.29, 1.82) is 0 Å². The van der Waals surface area contributed by atoms with Crippen LogP contribution in [0.1, 0.15) is 41.2 Å². The molecule has 10 nitrogen and oxygen atoms in total. The first-order valence-electron chi connectivity index (χ1n) is 21.3. The van der Waals surface area contributed by atoms with E-state index in [4.69, 9.17) is 9.47 Å². The number of nitrogens with one attached hydrogen (secondary N) is 2. The molecule has 3 amide bonds. The summed E-state index contributed by atoms with van der Waals surface area (Å²) in [6, 6.07) is 37.4. The van der Waals surface area contributed by atoms with E-state index in [1.54, 1.807) is 16.9 Å². The van der Waals surface area contributed by atoms with Gasteiger partial charge in [-0.1, -0.05) is 108 Å². The Bertz CT molecular complexity index is 2680. The number of nitrogens with zero attached hydrogens (tertiary/aromatic N) is 2. The highest BCUT2D eigenvalue weighted by Gasteiger charge is 2.66. The van der Waals surface area contributed by atoms with Crippen LogP contribution >= 0.6 is 15.9 Å². The number of hydrogen-bond acceptors (Lipinski definition) is 6. The summed E-state index contributed by atoms with van der Waals surface area (Å²) in [7, 11) is -0.896. The van der Waals surface area contributed by atoms with Crippen LogP contribution in [0.4, 0.5) is 11.4 Å². The highest BCUT2D eigenvalue weighted by atomic mass is 79.9. The first kappa shape index (κ1) is 41.8. The van der Waals surface area contributed by atoms with E-state index in [0.29, 0.717) is 18.7 Å². The van der Waals surface area contributed by atoms with Crippen molar-refractivity contribution in [2.75, 3.05) is 23.9 Å². The van der Waals surface area contributed by atoms with E-state index in [1.807, 2.05) is 103 Å². The monoisotopic (exact) mass is 910 g/mol. The largest absolute Gasteiger partial charge is 0.497 e. The predicted octanol–water partition coefficient (Wildman–Crippen LogP) is 8.22. The number of methoxy groups -OCH3 is 1. The molecule has 0 saturated carbocycles. The summed E-state index contributed by atoms with van der Waals surface area (Å²) in [5.41, 5.74) is 5.60. The maximum absolute atomic E-state index is 15.5. The average molecular weight is 912 g/mol. The minimum absolute atomic E-state index is 0.0684. The van der Waals surface area contributed by atoms with E-state index >= 15 is 4.79 Å². The van der Waals surface area contributed by atoms with Crippen LogP contribution in [0.5, 0.6) is 5.75 Å². The van der Waals surface area contributed by atoms with Crippen molar-refractivity contribution in [3.8, 4) is 5.75 Å². The van der Waals surface area contributed by atoms with E-state index in [-0.39, 0.29) is 61.2 Å². The van der Waals surface area contributed by atoms with Crippen LogP contribution in [0.3, 0.4) is 0 Å². The maximum Gasteiger partial charge on any atom is 0.264 e. The number of para-hydroxylation sites is 1. The van der Waals surface area contributed by atoms with Gasteiger partial charge in [0.1, 0.15) is 5.75 Å². The number of H-pyrrole nitrogens is 1. The number of aromatic nitrogens is 1. The van der Waals surface area contributed by atoms with Crippen molar-refractivity contribution in [3.05, 3.63) is 154 Å². The molecule has 3 aliphatic rings. The number of halogens is 1. The third-order valence-corrected chi connectivity index (χ3v) is 18.5. The number of carbonyl (C=O) groups excluding carboxylic acids is 3. The number of rotatable bonds is 11. The van der Waals surface area contributed by atoms with E-state index in [2.05, 4.69) is 64.4 Å². The fourth-order valence-corrected chi connectivity index (χ4v) is 14.9. The number of carbonyl (C=O) groups is 3. The number of ether oxygens (including phenoxy) is 2. The topological polar surface area (TPSA) is 124 Å². The molecule has 4 heterocycles. The van der Waals surface area contributed by atoms with Crippen LogP contribution in [0.15, 0.2) is 126 Å². The molecule has 1 spiro atoms. The lowest BCUT2D eigenvalue weighted by atomic mass is 9.82. The fourth-order valence-electron chi connectivity index (χ4n) is 10.6. The summed E-state index contributed by atoms with van der Waals surface area (Å²) in [6.45, 7) is 7.24. The molecule has 3 N–H and O–H groups in total. The highest BCUT2D eigenvalue weighted by molar-refractivity contribution is 9.10. The van der Waals surface area contributed by atoms with Gasteiger partial charge in [0.25, 0.3) is 5.91 Å².